The summed E-state index contributed by atoms with van der Waals surface area (Å²) in [6.45, 7) is 14.2. The predicted octanol–water partition coefficient (Wildman–Crippen LogP) is 0.0935. The maximum absolute atomic E-state index is 12.3. The molecule has 10 rings (SSSR count). The molecule has 20 heteroatoms. The van der Waals surface area contributed by atoms with Crippen LogP contribution in [0, 0.1) is 46.3 Å². The Hall–Kier alpha value is -1.06. The number of rotatable bonds is 9. The number of allylic oxidation sites excluding steroid dienone is 1. The predicted molar refractivity (Wildman–Crippen MR) is 244 cm³/mol. The molecule has 0 aromatic rings. The van der Waals surface area contributed by atoms with Gasteiger partial charge in [0.15, 0.2) is 30.9 Å². The molecule has 406 valence electrons. The van der Waals surface area contributed by atoms with E-state index in [0.29, 0.717) is 48.3 Å². The fraction of sp³-hybridized carbons (Fsp3) is 0.961. The van der Waals surface area contributed by atoms with E-state index in [0.717, 1.165) is 51.6 Å². The third kappa shape index (κ3) is 9.03. The van der Waals surface area contributed by atoms with Gasteiger partial charge < -0.3 is 98.4 Å². The Balaban J connectivity index is 0.845. The maximum Gasteiger partial charge on any atom is 0.187 e. The van der Waals surface area contributed by atoms with E-state index in [1.807, 2.05) is 0 Å². The van der Waals surface area contributed by atoms with Crippen LogP contribution in [-0.2, 0) is 47.4 Å². The number of aliphatic hydroxyl groups excluding tert-OH is 10. The monoisotopic (exact) mass is 1010 g/mol. The van der Waals surface area contributed by atoms with E-state index < -0.39 is 135 Å². The molecular formula is C51H82O20. The second-order valence-electron chi connectivity index (χ2n) is 23.8. The molecule has 1 spiro atoms. The number of hydrogen-bond acceptors (Lipinski definition) is 20. The third-order valence-electron chi connectivity index (χ3n) is 19.7. The first-order chi connectivity index (χ1) is 33.6. The molecule has 6 aliphatic heterocycles. The summed E-state index contributed by atoms with van der Waals surface area (Å²) in [5.41, 5.74) is 1.47. The van der Waals surface area contributed by atoms with Crippen molar-refractivity contribution in [1.82, 2.24) is 0 Å². The average Bonchev–Trinajstić information content (AvgIpc) is 3.79. The van der Waals surface area contributed by atoms with Gasteiger partial charge in [-0.05, 0) is 113 Å². The Morgan fingerprint density at radius 1 is 0.592 bits per heavy atom. The number of hydrogen-bond donors (Lipinski definition) is 10. The number of ether oxygens (including phenoxy) is 10. The smallest absolute Gasteiger partial charge is 0.187 e. The zero-order valence-electron chi connectivity index (χ0n) is 42.1. The molecule has 3 saturated carbocycles. The lowest BCUT2D eigenvalue weighted by molar-refractivity contribution is -0.393. The van der Waals surface area contributed by atoms with Crippen LogP contribution in [-0.4, -0.2) is 205 Å². The molecule has 20 nitrogen and oxygen atoms in total. The van der Waals surface area contributed by atoms with Gasteiger partial charge in [0.1, 0.15) is 79.4 Å². The van der Waals surface area contributed by atoms with Gasteiger partial charge in [0, 0.05) is 12.3 Å². The van der Waals surface area contributed by atoms with Crippen molar-refractivity contribution in [2.45, 2.75) is 247 Å². The fourth-order valence-electron chi connectivity index (χ4n) is 15.4. The Morgan fingerprint density at radius 3 is 1.92 bits per heavy atom. The third-order valence-corrected chi connectivity index (χ3v) is 19.7. The van der Waals surface area contributed by atoms with Crippen molar-refractivity contribution in [1.29, 1.82) is 0 Å². The van der Waals surface area contributed by atoms with Crippen molar-refractivity contribution >= 4 is 0 Å². The molecular weight excluding hydrogens is 933 g/mol. The first-order valence-corrected chi connectivity index (χ1v) is 26.6. The van der Waals surface area contributed by atoms with Crippen LogP contribution in [0.1, 0.15) is 106 Å². The summed E-state index contributed by atoms with van der Waals surface area (Å²) in [6, 6.07) is 0. The van der Waals surface area contributed by atoms with Crippen molar-refractivity contribution in [3.8, 4) is 0 Å². The normalized spacial score (nSPS) is 58.4. The minimum Gasteiger partial charge on any atom is -0.394 e. The quantitative estimate of drug-likeness (QED) is 0.137. The lowest BCUT2D eigenvalue weighted by Gasteiger charge is -2.58. The second kappa shape index (κ2) is 20.1. The average molecular weight is 1020 g/mol. The molecule has 0 radical (unpaired) electrons. The van der Waals surface area contributed by atoms with Crippen molar-refractivity contribution in [3.05, 3.63) is 11.6 Å². The summed E-state index contributed by atoms with van der Waals surface area (Å²) in [5.74, 6) is 2.50. The van der Waals surface area contributed by atoms with Crippen LogP contribution in [0.5, 0.6) is 0 Å². The molecule has 31 atom stereocenters. The highest BCUT2D eigenvalue weighted by Gasteiger charge is 2.69. The molecule has 10 N–H and O–H groups in total. The summed E-state index contributed by atoms with van der Waals surface area (Å²) in [5, 5.41) is 109. The second-order valence-corrected chi connectivity index (χ2v) is 23.8. The van der Waals surface area contributed by atoms with E-state index in [-0.39, 0.29) is 23.0 Å². The largest absolute Gasteiger partial charge is 0.394 e. The standard InChI is InChI=1S/C51H82O20/c1-20-10-15-51(62-19-20)21(2)32-30(71-51)17-29-27-9-8-25-16-26(11-13-49(25,6)28(27)12-14-50(29,32)7)66-48-44(70-46-39(59)37(57)35(55)31(18-52)67-46)40(60)42(24(5)65-48)68-47-41(61)43(34(54)23(4)64-47)69-45-38(58)36(56)33(53)22(3)63-45/h8,20-24,26-48,52-61H,9-19H2,1-7H3/t20-,21+,22+,23+,24+,26+,27-,28+,29-,30+,31-,32+,33+,34+,35-,36-,37+,38-,39-,40-,41-,42-,43-,44-,45+,46+,47+,48+,49+,50+,51-/m1/s1. The van der Waals surface area contributed by atoms with E-state index in [4.69, 9.17) is 47.4 Å². The molecule has 6 heterocycles. The topological polar surface area (TPSA) is 295 Å². The summed E-state index contributed by atoms with van der Waals surface area (Å²) < 4.78 is 62.4. The summed E-state index contributed by atoms with van der Waals surface area (Å²) in [6.07, 6.45) is -18.9. The van der Waals surface area contributed by atoms with Gasteiger partial charge in [-0.15, -0.1) is 0 Å². The molecule has 4 aliphatic carbocycles. The van der Waals surface area contributed by atoms with Gasteiger partial charge in [-0.25, -0.2) is 0 Å². The van der Waals surface area contributed by atoms with Crippen molar-refractivity contribution in [3.63, 3.8) is 0 Å². The van der Waals surface area contributed by atoms with Gasteiger partial charge in [0.2, 0.25) is 0 Å². The van der Waals surface area contributed by atoms with E-state index in [9.17, 15) is 51.1 Å². The summed E-state index contributed by atoms with van der Waals surface area (Å²) >= 11 is 0. The molecule has 0 aromatic heterocycles. The van der Waals surface area contributed by atoms with Crippen LogP contribution in [0.4, 0.5) is 0 Å². The molecule has 0 amide bonds. The van der Waals surface area contributed by atoms with Gasteiger partial charge in [-0.3, -0.25) is 0 Å². The minimum absolute atomic E-state index is 0.0445. The summed E-state index contributed by atoms with van der Waals surface area (Å²) in [7, 11) is 0. The Bertz CT molecular complexity index is 1890. The molecule has 71 heavy (non-hydrogen) atoms. The van der Waals surface area contributed by atoms with Gasteiger partial charge >= 0.3 is 0 Å². The van der Waals surface area contributed by atoms with Crippen LogP contribution in [0.25, 0.3) is 0 Å². The highest BCUT2D eigenvalue weighted by Crippen LogP contribution is 2.71. The Kier molecular flexibility index (Phi) is 15.1. The Morgan fingerprint density at radius 2 is 1.23 bits per heavy atom. The van der Waals surface area contributed by atoms with Crippen LogP contribution >= 0.6 is 0 Å². The Labute approximate surface area is 415 Å². The fourth-order valence-corrected chi connectivity index (χ4v) is 15.4. The van der Waals surface area contributed by atoms with Crippen molar-refractivity contribution in [2.24, 2.45) is 46.3 Å². The van der Waals surface area contributed by atoms with E-state index in [1.165, 1.54) is 19.4 Å². The van der Waals surface area contributed by atoms with Gasteiger partial charge in [-0.2, -0.15) is 0 Å². The van der Waals surface area contributed by atoms with Crippen LogP contribution in [0.3, 0.4) is 0 Å². The van der Waals surface area contributed by atoms with E-state index >= 15 is 0 Å². The number of aliphatic hydroxyl groups is 10. The summed E-state index contributed by atoms with van der Waals surface area (Å²) in [4.78, 5) is 0. The zero-order chi connectivity index (χ0) is 50.8. The first-order valence-electron chi connectivity index (χ1n) is 26.6. The minimum atomic E-state index is -1.82. The lowest BCUT2D eigenvalue weighted by atomic mass is 9.47. The first kappa shape index (κ1) is 53.3. The highest BCUT2D eigenvalue weighted by molar-refractivity contribution is 5.26. The molecule has 0 aromatic carbocycles. The lowest BCUT2D eigenvalue weighted by Crippen LogP contribution is -2.67. The van der Waals surface area contributed by atoms with Gasteiger partial charge in [-0.1, -0.05) is 39.3 Å². The van der Waals surface area contributed by atoms with E-state index in [2.05, 4.69) is 33.8 Å². The van der Waals surface area contributed by atoms with E-state index in [1.54, 1.807) is 6.92 Å². The van der Waals surface area contributed by atoms with Crippen LogP contribution in [0.2, 0.25) is 0 Å². The number of fused-ring (bicyclic) bond motifs is 7. The molecule has 10 aliphatic rings. The highest BCUT2D eigenvalue weighted by atomic mass is 16.8. The van der Waals surface area contributed by atoms with Crippen LogP contribution < -0.4 is 0 Å². The molecule has 0 bridgehead atoms. The van der Waals surface area contributed by atoms with Gasteiger partial charge in [0.05, 0.1) is 43.7 Å². The molecule has 9 fully saturated rings. The van der Waals surface area contributed by atoms with Gasteiger partial charge in [0.25, 0.3) is 0 Å². The molecule has 0 unspecified atom stereocenters. The SMILES string of the molecule is C[C@@H]1CC[C@@]2(OC1)O[C@H]1C[C@@H]3[C@@H]4CC=C5C[C@@H](O[C@@H]6O[C@@H](C)[C@@H](O[C@@H]7O[C@@H](C)[C@H](O)[C@@H](O[C@@H]8O[C@@H](C)[C@H](O)[C@@H](O)[C@H]8O)[C@H]7O)[C@@H](O)[C@H]6O[C@@H]6O[C@H](CO)[C@@H](O)[C@H](O)[C@H]6O)CC[C@]5(C)[C@H]4CC[C@]3(C)[C@H]1[C@@H]2C. The molecule has 6 saturated heterocycles. The maximum atomic E-state index is 12.3. The van der Waals surface area contributed by atoms with Crippen molar-refractivity contribution < 1.29 is 98.4 Å². The zero-order valence-corrected chi connectivity index (χ0v) is 42.1. The van der Waals surface area contributed by atoms with Crippen molar-refractivity contribution in [2.75, 3.05) is 13.2 Å². The van der Waals surface area contributed by atoms with Crippen LogP contribution in [0.15, 0.2) is 11.6 Å².